The van der Waals surface area contributed by atoms with Crippen molar-refractivity contribution in [2.24, 2.45) is 5.41 Å². The maximum atomic E-state index is 12.7. The molecule has 7 heteroatoms. The molecule has 3 rings (SSSR count). The molecular weight excluding hydrogens is 346 g/mol. The minimum absolute atomic E-state index is 0.0294. The average molecular weight is 366 g/mol. The summed E-state index contributed by atoms with van der Waals surface area (Å²) in [6.45, 7) is 8.97. The van der Waals surface area contributed by atoms with Gasteiger partial charge in [0, 0.05) is 23.8 Å². The first-order valence-electron chi connectivity index (χ1n) is 7.85. The van der Waals surface area contributed by atoms with Gasteiger partial charge in [-0.15, -0.1) is 29.5 Å². The van der Waals surface area contributed by atoms with Crippen LogP contribution < -0.4 is 5.56 Å². The fourth-order valence-electron chi connectivity index (χ4n) is 2.95. The van der Waals surface area contributed by atoms with Crippen LogP contribution in [0.2, 0.25) is 0 Å². The molecule has 2 aromatic rings. The van der Waals surface area contributed by atoms with Crippen molar-refractivity contribution in [3.8, 4) is 0 Å². The van der Waals surface area contributed by atoms with Gasteiger partial charge in [-0.1, -0.05) is 6.08 Å². The Hall–Kier alpha value is -1.66. The Kier molecular flexibility index (Phi) is 4.53. The molecule has 0 radical (unpaired) electrons. The number of allylic oxidation sites excluding steroid dienone is 1. The SMILES string of the molecule is C=CCn1cnc2sc3c(c2c1=O)CCN(C(=O)C(C)(C)CCl)C3. The second-order valence-electron chi connectivity index (χ2n) is 6.67. The molecule has 128 valence electrons. The Morgan fingerprint density at radius 3 is 2.96 bits per heavy atom. The summed E-state index contributed by atoms with van der Waals surface area (Å²) in [6, 6.07) is 0. The summed E-state index contributed by atoms with van der Waals surface area (Å²) in [6.07, 6.45) is 3.92. The maximum Gasteiger partial charge on any atom is 0.262 e. The van der Waals surface area contributed by atoms with E-state index in [0.717, 1.165) is 15.3 Å². The number of carbonyl (C=O) groups excluding carboxylic acids is 1. The van der Waals surface area contributed by atoms with Gasteiger partial charge >= 0.3 is 0 Å². The lowest BCUT2D eigenvalue weighted by molar-refractivity contribution is -0.140. The molecule has 0 bridgehead atoms. The molecule has 0 atom stereocenters. The van der Waals surface area contributed by atoms with Gasteiger partial charge < -0.3 is 4.90 Å². The highest BCUT2D eigenvalue weighted by molar-refractivity contribution is 7.18. The van der Waals surface area contributed by atoms with E-state index in [0.29, 0.717) is 31.4 Å². The van der Waals surface area contributed by atoms with Crippen molar-refractivity contribution in [1.29, 1.82) is 0 Å². The van der Waals surface area contributed by atoms with Crippen LogP contribution in [0.15, 0.2) is 23.8 Å². The summed E-state index contributed by atoms with van der Waals surface area (Å²) in [5, 5.41) is 0.697. The number of nitrogens with zero attached hydrogens (tertiary/aromatic N) is 3. The highest BCUT2D eigenvalue weighted by Crippen LogP contribution is 2.34. The largest absolute Gasteiger partial charge is 0.337 e. The first-order valence-corrected chi connectivity index (χ1v) is 9.20. The van der Waals surface area contributed by atoms with Gasteiger partial charge in [-0.3, -0.25) is 14.2 Å². The first-order chi connectivity index (χ1) is 11.4. The number of hydrogen-bond donors (Lipinski definition) is 0. The van der Waals surface area contributed by atoms with Crippen molar-refractivity contribution in [3.63, 3.8) is 0 Å². The minimum Gasteiger partial charge on any atom is -0.337 e. The van der Waals surface area contributed by atoms with E-state index >= 15 is 0 Å². The van der Waals surface area contributed by atoms with Crippen LogP contribution in [0.25, 0.3) is 10.2 Å². The van der Waals surface area contributed by atoms with Crippen molar-refractivity contribution >= 4 is 39.1 Å². The molecular formula is C17H20ClN3O2S. The molecule has 5 nitrogen and oxygen atoms in total. The standard InChI is InChI=1S/C17H20ClN3O2S/c1-4-6-21-10-19-14-13(15(21)22)11-5-7-20(8-12(11)24-14)16(23)17(2,3)9-18/h4,10H,1,5-9H2,2-3H3. The van der Waals surface area contributed by atoms with E-state index in [1.165, 1.54) is 11.3 Å². The van der Waals surface area contributed by atoms with Gasteiger partial charge in [0.25, 0.3) is 5.56 Å². The van der Waals surface area contributed by atoms with Gasteiger partial charge in [0.1, 0.15) is 4.83 Å². The third kappa shape index (κ3) is 2.78. The summed E-state index contributed by atoms with van der Waals surface area (Å²) < 4.78 is 1.57. The highest BCUT2D eigenvalue weighted by Gasteiger charge is 2.34. The quantitative estimate of drug-likeness (QED) is 0.618. The molecule has 24 heavy (non-hydrogen) atoms. The Bertz CT molecular complexity index is 869. The Morgan fingerprint density at radius 2 is 2.29 bits per heavy atom. The molecule has 0 saturated heterocycles. The van der Waals surface area contributed by atoms with Gasteiger partial charge in [0.15, 0.2) is 0 Å². The van der Waals surface area contributed by atoms with E-state index in [1.807, 2.05) is 18.7 Å². The van der Waals surface area contributed by atoms with Gasteiger partial charge in [-0.05, 0) is 25.8 Å². The monoisotopic (exact) mass is 365 g/mol. The number of aromatic nitrogens is 2. The normalized spacial score (nSPS) is 14.7. The van der Waals surface area contributed by atoms with E-state index in [-0.39, 0.29) is 17.3 Å². The van der Waals surface area contributed by atoms with Crippen LogP contribution >= 0.6 is 22.9 Å². The number of rotatable bonds is 4. The van der Waals surface area contributed by atoms with Crippen LogP contribution in [-0.4, -0.2) is 32.8 Å². The summed E-state index contributed by atoms with van der Waals surface area (Å²) in [5.74, 6) is 0.340. The lowest BCUT2D eigenvalue weighted by atomic mass is 9.93. The molecule has 1 amide bonds. The van der Waals surface area contributed by atoms with Crippen molar-refractivity contribution in [2.45, 2.75) is 33.4 Å². The molecule has 0 aromatic carbocycles. The molecule has 2 aromatic heterocycles. The Balaban J connectivity index is 1.99. The molecule has 3 heterocycles. The lowest BCUT2D eigenvalue weighted by Gasteiger charge is -2.33. The number of alkyl halides is 1. The van der Waals surface area contributed by atoms with Gasteiger partial charge in [0.2, 0.25) is 5.91 Å². The summed E-state index contributed by atoms with van der Waals surface area (Å²) >= 11 is 7.44. The van der Waals surface area contributed by atoms with E-state index in [9.17, 15) is 9.59 Å². The Morgan fingerprint density at radius 1 is 1.54 bits per heavy atom. The summed E-state index contributed by atoms with van der Waals surface area (Å²) in [7, 11) is 0. The molecule has 1 aliphatic heterocycles. The van der Waals surface area contributed by atoms with Crippen LogP contribution in [0.3, 0.4) is 0 Å². The zero-order chi connectivity index (χ0) is 17.5. The van der Waals surface area contributed by atoms with Crippen LogP contribution in [0.4, 0.5) is 0 Å². The molecule has 0 unspecified atom stereocenters. The second kappa shape index (κ2) is 6.33. The van der Waals surface area contributed by atoms with Crippen molar-refractivity contribution in [2.75, 3.05) is 12.4 Å². The minimum atomic E-state index is -0.579. The van der Waals surface area contributed by atoms with E-state index in [4.69, 9.17) is 11.6 Å². The van der Waals surface area contributed by atoms with Crippen LogP contribution in [0, 0.1) is 5.41 Å². The third-order valence-corrected chi connectivity index (χ3v) is 6.15. The zero-order valence-corrected chi connectivity index (χ0v) is 15.4. The fourth-order valence-corrected chi connectivity index (χ4v) is 4.25. The predicted molar refractivity (Wildman–Crippen MR) is 97.7 cm³/mol. The highest BCUT2D eigenvalue weighted by atomic mass is 35.5. The number of amides is 1. The number of halogens is 1. The molecule has 1 aliphatic rings. The number of hydrogen-bond acceptors (Lipinski definition) is 4. The van der Waals surface area contributed by atoms with Crippen LogP contribution in [0.1, 0.15) is 24.3 Å². The van der Waals surface area contributed by atoms with Crippen molar-refractivity contribution in [1.82, 2.24) is 14.5 Å². The van der Waals surface area contributed by atoms with Gasteiger partial charge in [-0.25, -0.2) is 4.98 Å². The van der Waals surface area contributed by atoms with Gasteiger partial charge in [-0.2, -0.15) is 0 Å². The molecule has 0 fully saturated rings. The summed E-state index contributed by atoms with van der Waals surface area (Å²) in [4.78, 5) is 33.3. The maximum absolute atomic E-state index is 12.7. The number of thiophene rings is 1. The smallest absolute Gasteiger partial charge is 0.262 e. The molecule has 0 N–H and O–H groups in total. The topological polar surface area (TPSA) is 55.2 Å². The van der Waals surface area contributed by atoms with E-state index in [1.54, 1.807) is 17.0 Å². The van der Waals surface area contributed by atoms with E-state index < -0.39 is 5.41 Å². The van der Waals surface area contributed by atoms with E-state index in [2.05, 4.69) is 11.6 Å². The van der Waals surface area contributed by atoms with Crippen molar-refractivity contribution in [3.05, 3.63) is 39.8 Å². The predicted octanol–water partition coefficient (Wildman–Crippen LogP) is 2.79. The van der Waals surface area contributed by atoms with Crippen LogP contribution in [0.5, 0.6) is 0 Å². The molecule has 0 spiro atoms. The third-order valence-electron chi connectivity index (χ3n) is 4.35. The van der Waals surface area contributed by atoms with Crippen molar-refractivity contribution < 1.29 is 4.79 Å². The lowest BCUT2D eigenvalue weighted by Crippen LogP contribution is -2.44. The first kappa shape index (κ1) is 17.2. The van der Waals surface area contributed by atoms with Gasteiger partial charge in [0.05, 0.1) is 23.7 Å². The average Bonchev–Trinajstić information content (AvgIpc) is 2.95. The molecule has 0 saturated carbocycles. The number of fused-ring (bicyclic) bond motifs is 3. The number of carbonyl (C=O) groups is 1. The zero-order valence-electron chi connectivity index (χ0n) is 13.8. The second-order valence-corrected chi connectivity index (χ2v) is 8.02. The summed E-state index contributed by atoms with van der Waals surface area (Å²) in [5.41, 5.74) is 0.432. The Labute approximate surface area is 149 Å². The van der Waals surface area contributed by atoms with Crippen LogP contribution in [-0.2, 0) is 24.3 Å². The fraction of sp³-hybridized carbons (Fsp3) is 0.471. The molecule has 0 aliphatic carbocycles.